The summed E-state index contributed by atoms with van der Waals surface area (Å²) in [6.07, 6.45) is 0.819. The molecule has 0 radical (unpaired) electrons. The van der Waals surface area contributed by atoms with Crippen molar-refractivity contribution in [2.75, 3.05) is 7.11 Å². The van der Waals surface area contributed by atoms with Crippen LogP contribution in [0.2, 0.25) is 0 Å². The Morgan fingerprint density at radius 2 is 2.22 bits per heavy atom. The standard InChI is InChI=1S/C5H6Br2O2/c1-9-4(8)3-2-5(3,6)7/h3H,2H2,1H3. The van der Waals surface area contributed by atoms with Crippen molar-refractivity contribution in [3.05, 3.63) is 0 Å². The van der Waals surface area contributed by atoms with Crippen LogP contribution in [0.25, 0.3) is 0 Å². The van der Waals surface area contributed by atoms with E-state index in [1.165, 1.54) is 7.11 Å². The van der Waals surface area contributed by atoms with Crippen LogP contribution in [0.5, 0.6) is 0 Å². The molecular formula is C5H6Br2O2. The van der Waals surface area contributed by atoms with Crippen molar-refractivity contribution in [3.8, 4) is 0 Å². The SMILES string of the molecule is COC(=O)C1CC1(Br)Br. The van der Waals surface area contributed by atoms with Crippen molar-refractivity contribution in [2.45, 2.75) is 9.65 Å². The second-order valence-corrected chi connectivity index (χ2v) is 5.94. The second kappa shape index (κ2) is 2.23. The molecule has 4 heteroatoms. The molecule has 0 N–H and O–H groups in total. The van der Waals surface area contributed by atoms with Crippen molar-refractivity contribution < 1.29 is 9.53 Å². The predicted octanol–water partition coefficient (Wildman–Crippen LogP) is 1.67. The largest absolute Gasteiger partial charge is 0.469 e. The Labute approximate surface area is 70.2 Å². The number of rotatable bonds is 1. The molecule has 1 atom stereocenters. The molecule has 1 aliphatic rings. The van der Waals surface area contributed by atoms with Crippen LogP contribution in [-0.2, 0) is 9.53 Å². The first-order valence-corrected chi connectivity index (χ1v) is 4.12. The van der Waals surface area contributed by atoms with Crippen molar-refractivity contribution in [3.63, 3.8) is 0 Å². The molecular weight excluding hydrogens is 252 g/mol. The van der Waals surface area contributed by atoms with Gasteiger partial charge in [-0.2, -0.15) is 0 Å². The molecule has 1 fully saturated rings. The highest BCUT2D eigenvalue weighted by molar-refractivity contribution is 9.25. The van der Waals surface area contributed by atoms with Crippen LogP contribution in [0.4, 0.5) is 0 Å². The van der Waals surface area contributed by atoms with Crippen LogP contribution in [0.15, 0.2) is 0 Å². The molecule has 0 heterocycles. The number of esters is 1. The average Bonchev–Trinajstić information content (AvgIpc) is 2.38. The van der Waals surface area contributed by atoms with E-state index in [0.717, 1.165) is 6.42 Å². The topological polar surface area (TPSA) is 26.3 Å². The molecule has 0 aromatic carbocycles. The third kappa shape index (κ3) is 1.46. The molecule has 2 nitrogen and oxygen atoms in total. The molecule has 0 spiro atoms. The Bertz CT molecular complexity index is 144. The fourth-order valence-corrected chi connectivity index (χ4v) is 1.63. The van der Waals surface area contributed by atoms with E-state index in [1.54, 1.807) is 0 Å². The molecule has 0 aliphatic heterocycles. The Morgan fingerprint density at radius 3 is 2.33 bits per heavy atom. The highest BCUT2D eigenvalue weighted by Crippen LogP contribution is 2.56. The minimum Gasteiger partial charge on any atom is -0.469 e. The van der Waals surface area contributed by atoms with E-state index in [4.69, 9.17) is 0 Å². The van der Waals surface area contributed by atoms with Crippen molar-refractivity contribution in [1.29, 1.82) is 0 Å². The Hall–Kier alpha value is 0.430. The maximum Gasteiger partial charge on any atom is 0.311 e. The third-order valence-electron chi connectivity index (χ3n) is 1.31. The Balaban J connectivity index is 2.42. The Morgan fingerprint density at radius 1 is 1.78 bits per heavy atom. The monoisotopic (exact) mass is 256 g/mol. The van der Waals surface area contributed by atoms with Gasteiger partial charge >= 0.3 is 5.97 Å². The summed E-state index contributed by atoms with van der Waals surface area (Å²) in [6.45, 7) is 0. The van der Waals surface area contributed by atoms with Gasteiger partial charge in [-0.05, 0) is 6.42 Å². The zero-order chi connectivity index (χ0) is 7.07. The normalized spacial score (nSPS) is 29.4. The summed E-state index contributed by atoms with van der Waals surface area (Å²) in [4.78, 5) is 10.7. The van der Waals surface area contributed by atoms with Crippen molar-refractivity contribution in [2.24, 2.45) is 5.92 Å². The summed E-state index contributed by atoms with van der Waals surface area (Å²) >= 11 is 6.62. The fraction of sp³-hybridized carbons (Fsp3) is 0.800. The summed E-state index contributed by atoms with van der Waals surface area (Å²) in [5, 5.41) is 0. The lowest BCUT2D eigenvalue weighted by Crippen LogP contribution is -2.06. The minimum atomic E-state index is -0.160. The maximum absolute atomic E-state index is 10.7. The number of halogens is 2. The Kier molecular flexibility index (Phi) is 1.87. The first-order chi connectivity index (χ1) is 4.08. The van der Waals surface area contributed by atoms with Crippen LogP contribution in [0.1, 0.15) is 6.42 Å². The van der Waals surface area contributed by atoms with E-state index in [2.05, 4.69) is 36.6 Å². The van der Waals surface area contributed by atoms with Crippen molar-refractivity contribution >= 4 is 37.8 Å². The lowest BCUT2D eigenvalue weighted by Gasteiger charge is -1.96. The maximum atomic E-state index is 10.7. The smallest absolute Gasteiger partial charge is 0.311 e. The zero-order valence-corrected chi connectivity index (χ0v) is 8.03. The first kappa shape index (κ1) is 7.54. The van der Waals surface area contributed by atoms with E-state index >= 15 is 0 Å². The molecule has 0 aromatic heterocycles. The molecule has 1 aliphatic carbocycles. The molecule has 0 amide bonds. The van der Waals surface area contributed by atoms with Gasteiger partial charge in [0.25, 0.3) is 0 Å². The lowest BCUT2D eigenvalue weighted by molar-refractivity contribution is -0.142. The van der Waals surface area contributed by atoms with Crippen LogP contribution in [0.3, 0.4) is 0 Å². The van der Waals surface area contributed by atoms with E-state index in [1.807, 2.05) is 0 Å². The lowest BCUT2D eigenvalue weighted by atomic mass is 10.4. The molecule has 1 rings (SSSR count). The number of hydrogen-bond donors (Lipinski definition) is 0. The second-order valence-electron chi connectivity index (χ2n) is 2.04. The molecule has 1 unspecified atom stereocenters. The number of hydrogen-bond acceptors (Lipinski definition) is 2. The van der Waals surface area contributed by atoms with Crippen molar-refractivity contribution in [1.82, 2.24) is 0 Å². The van der Waals surface area contributed by atoms with Gasteiger partial charge in [0.2, 0.25) is 0 Å². The number of ether oxygens (including phenoxy) is 1. The van der Waals surface area contributed by atoms with Crippen LogP contribution < -0.4 is 0 Å². The number of alkyl halides is 2. The minimum absolute atomic E-state index is 0.00231. The van der Waals surface area contributed by atoms with Gasteiger partial charge in [0.05, 0.1) is 16.3 Å². The van der Waals surface area contributed by atoms with Crippen LogP contribution in [0, 0.1) is 5.92 Å². The van der Waals surface area contributed by atoms with E-state index in [9.17, 15) is 4.79 Å². The summed E-state index contributed by atoms with van der Waals surface area (Å²) in [5.41, 5.74) is 0. The van der Waals surface area contributed by atoms with Gasteiger partial charge in [-0.15, -0.1) is 0 Å². The molecule has 0 bridgehead atoms. The highest BCUT2D eigenvalue weighted by atomic mass is 79.9. The average molecular weight is 258 g/mol. The fourth-order valence-electron chi connectivity index (χ4n) is 0.611. The number of carbonyl (C=O) groups excluding carboxylic acids is 1. The van der Waals surface area contributed by atoms with Gasteiger partial charge in [0, 0.05) is 0 Å². The predicted molar refractivity (Wildman–Crippen MR) is 40.7 cm³/mol. The molecule has 9 heavy (non-hydrogen) atoms. The summed E-state index contributed by atoms with van der Waals surface area (Å²) in [6, 6.07) is 0. The number of carbonyl (C=O) groups is 1. The van der Waals surface area contributed by atoms with Gasteiger partial charge < -0.3 is 4.74 Å². The zero-order valence-electron chi connectivity index (χ0n) is 4.86. The molecule has 0 aromatic rings. The first-order valence-electron chi connectivity index (χ1n) is 2.53. The molecule has 52 valence electrons. The van der Waals surface area contributed by atoms with E-state index in [-0.39, 0.29) is 15.1 Å². The summed E-state index contributed by atoms with van der Waals surface area (Å²) < 4.78 is 4.35. The van der Waals surface area contributed by atoms with Crippen LogP contribution in [-0.4, -0.2) is 16.3 Å². The van der Waals surface area contributed by atoms with Crippen LogP contribution >= 0.6 is 31.9 Å². The summed E-state index contributed by atoms with van der Waals surface area (Å²) in [5.74, 6) is -0.147. The van der Waals surface area contributed by atoms with Gasteiger partial charge in [-0.25, -0.2) is 0 Å². The highest BCUT2D eigenvalue weighted by Gasteiger charge is 2.55. The van der Waals surface area contributed by atoms with E-state index < -0.39 is 0 Å². The van der Waals surface area contributed by atoms with E-state index in [0.29, 0.717) is 0 Å². The number of methoxy groups -OCH3 is 1. The van der Waals surface area contributed by atoms with Gasteiger partial charge in [-0.1, -0.05) is 31.9 Å². The molecule has 0 saturated heterocycles. The van der Waals surface area contributed by atoms with Gasteiger partial charge in [0.1, 0.15) is 0 Å². The third-order valence-corrected chi connectivity index (χ3v) is 3.06. The van der Waals surface area contributed by atoms with Gasteiger partial charge in [0.15, 0.2) is 0 Å². The molecule has 1 saturated carbocycles. The summed E-state index contributed by atoms with van der Waals surface area (Å²) in [7, 11) is 1.40. The quantitative estimate of drug-likeness (QED) is 0.528. The van der Waals surface area contributed by atoms with Gasteiger partial charge in [-0.3, -0.25) is 4.79 Å².